The van der Waals surface area contributed by atoms with Gasteiger partial charge in [0.05, 0.1) is 22.3 Å². The highest BCUT2D eigenvalue weighted by molar-refractivity contribution is 6.33. The molecule has 146 valence electrons. The fraction of sp³-hybridized carbons (Fsp3) is 0.217. The molecule has 0 spiro atoms. The lowest BCUT2D eigenvalue weighted by atomic mass is 10.1. The van der Waals surface area contributed by atoms with Crippen molar-refractivity contribution in [3.8, 4) is 11.3 Å². The maximum atomic E-state index is 12.9. The first-order valence-electron chi connectivity index (χ1n) is 9.77. The molecular formula is C23H20ClN3O2. The maximum Gasteiger partial charge on any atom is 0.270 e. The molecule has 2 N–H and O–H groups in total. The molecule has 6 heteroatoms. The quantitative estimate of drug-likeness (QED) is 0.505. The predicted molar refractivity (Wildman–Crippen MR) is 115 cm³/mol. The minimum absolute atomic E-state index is 0.0822. The second-order valence-corrected chi connectivity index (χ2v) is 7.68. The number of hydrogen-bond donors (Lipinski definition) is 2. The molecule has 1 aliphatic heterocycles. The average molecular weight is 406 g/mol. The summed E-state index contributed by atoms with van der Waals surface area (Å²) in [5.74, 6) is -0.207. The summed E-state index contributed by atoms with van der Waals surface area (Å²) in [7, 11) is 0. The first kappa shape index (κ1) is 18.2. The molecule has 3 heterocycles. The third kappa shape index (κ3) is 3.37. The number of carbonyl (C=O) groups is 1. The number of aromatic amines is 1. The van der Waals surface area contributed by atoms with Gasteiger partial charge in [0.25, 0.3) is 5.91 Å². The van der Waals surface area contributed by atoms with Crippen LogP contribution in [-0.2, 0) is 4.74 Å². The summed E-state index contributed by atoms with van der Waals surface area (Å²) in [6, 6.07) is 17.4. The average Bonchev–Trinajstić information content (AvgIpc) is 3.39. The van der Waals surface area contributed by atoms with E-state index >= 15 is 0 Å². The summed E-state index contributed by atoms with van der Waals surface area (Å²) in [5, 5.41) is 5.56. The van der Waals surface area contributed by atoms with E-state index in [1.165, 1.54) is 0 Å². The van der Waals surface area contributed by atoms with Crippen LogP contribution in [-0.4, -0.2) is 35.1 Å². The van der Waals surface area contributed by atoms with Crippen molar-refractivity contribution < 1.29 is 9.53 Å². The Bertz CT molecular complexity index is 1210. The van der Waals surface area contributed by atoms with Crippen molar-refractivity contribution in [1.82, 2.24) is 15.3 Å². The van der Waals surface area contributed by atoms with Crippen LogP contribution in [0.3, 0.4) is 0 Å². The van der Waals surface area contributed by atoms with Crippen molar-refractivity contribution in [3.63, 3.8) is 0 Å². The molecule has 5 nitrogen and oxygen atoms in total. The molecular weight excluding hydrogens is 386 g/mol. The van der Waals surface area contributed by atoms with Crippen molar-refractivity contribution >= 4 is 39.3 Å². The molecule has 1 aliphatic rings. The van der Waals surface area contributed by atoms with Crippen molar-refractivity contribution in [1.29, 1.82) is 0 Å². The summed E-state index contributed by atoms with van der Waals surface area (Å²) in [6.07, 6.45) is 2.09. The number of rotatable bonds is 4. The van der Waals surface area contributed by atoms with E-state index in [4.69, 9.17) is 21.3 Å². The first-order chi connectivity index (χ1) is 14.2. The molecule has 0 radical (unpaired) electrons. The summed E-state index contributed by atoms with van der Waals surface area (Å²) in [4.78, 5) is 21.0. The highest BCUT2D eigenvalue weighted by atomic mass is 35.5. The Morgan fingerprint density at radius 1 is 1.17 bits per heavy atom. The summed E-state index contributed by atoms with van der Waals surface area (Å²) >= 11 is 6.47. The number of para-hydroxylation sites is 1. The van der Waals surface area contributed by atoms with Crippen LogP contribution in [0.4, 0.5) is 0 Å². The third-order valence-corrected chi connectivity index (χ3v) is 5.70. The van der Waals surface area contributed by atoms with E-state index < -0.39 is 0 Å². The number of benzene rings is 2. The zero-order valence-electron chi connectivity index (χ0n) is 15.7. The minimum Gasteiger partial charge on any atom is -0.376 e. The molecule has 29 heavy (non-hydrogen) atoms. The molecule has 0 saturated carbocycles. The van der Waals surface area contributed by atoms with Crippen molar-refractivity contribution in [2.45, 2.75) is 18.9 Å². The van der Waals surface area contributed by atoms with E-state index in [0.29, 0.717) is 23.0 Å². The second-order valence-electron chi connectivity index (χ2n) is 7.27. The minimum atomic E-state index is -0.207. The van der Waals surface area contributed by atoms with E-state index in [9.17, 15) is 4.79 Å². The van der Waals surface area contributed by atoms with Gasteiger partial charge in [0.1, 0.15) is 5.69 Å². The van der Waals surface area contributed by atoms with Crippen LogP contribution in [0.25, 0.3) is 33.1 Å². The van der Waals surface area contributed by atoms with Crippen LogP contribution in [0, 0.1) is 0 Å². The largest absolute Gasteiger partial charge is 0.376 e. The summed E-state index contributed by atoms with van der Waals surface area (Å²) < 4.78 is 5.61. The normalized spacial score (nSPS) is 16.5. The number of nitrogens with zero attached hydrogens (tertiary/aromatic N) is 1. The third-order valence-electron chi connectivity index (χ3n) is 5.37. The number of fused-ring (bicyclic) bond motifs is 3. The number of halogens is 1. The Hall–Kier alpha value is -2.89. The van der Waals surface area contributed by atoms with Crippen LogP contribution in [0.15, 0.2) is 54.6 Å². The van der Waals surface area contributed by atoms with Gasteiger partial charge in [-0.1, -0.05) is 48.0 Å². The zero-order valence-corrected chi connectivity index (χ0v) is 16.5. The SMILES string of the molecule is O=C(NC[C@@H]1CCCO1)c1cc2c([nH]c3ccccc32)c(-c2ccccc2Cl)n1. The van der Waals surface area contributed by atoms with Gasteiger partial charge in [-0.05, 0) is 31.0 Å². The van der Waals surface area contributed by atoms with Gasteiger partial charge in [-0.2, -0.15) is 0 Å². The molecule has 0 aliphatic carbocycles. The molecule has 1 fully saturated rings. The van der Waals surface area contributed by atoms with Crippen LogP contribution in [0.5, 0.6) is 0 Å². The van der Waals surface area contributed by atoms with Gasteiger partial charge in [-0.25, -0.2) is 4.98 Å². The zero-order chi connectivity index (χ0) is 19.8. The number of hydrogen-bond acceptors (Lipinski definition) is 3. The molecule has 0 bridgehead atoms. The number of pyridine rings is 1. The molecule has 1 atom stereocenters. The summed E-state index contributed by atoms with van der Waals surface area (Å²) in [5.41, 5.74) is 3.70. The molecule has 0 unspecified atom stereocenters. The fourth-order valence-electron chi connectivity index (χ4n) is 3.91. The van der Waals surface area contributed by atoms with Crippen molar-refractivity contribution in [2.75, 3.05) is 13.2 Å². The molecule has 2 aromatic carbocycles. The van der Waals surface area contributed by atoms with Crippen LogP contribution < -0.4 is 5.32 Å². The highest BCUT2D eigenvalue weighted by Gasteiger charge is 2.20. The smallest absolute Gasteiger partial charge is 0.270 e. The lowest BCUT2D eigenvalue weighted by Gasteiger charge is -2.12. The molecule has 5 rings (SSSR count). The maximum absolute atomic E-state index is 12.9. The monoisotopic (exact) mass is 405 g/mol. The highest BCUT2D eigenvalue weighted by Crippen LogP contribution is 2.35. The van der Waals surface area contributed by atoms with Crippen molar-refractivity contribution in [3.05, 3.63) is 65.3 Å². The van der Waals surface area contributed by atoms with Gasteiger partial charge < -0.3 is 15.0 Å². The van der Waals surface area contributed by atoms with Crippen LogP contribution in [0.1, 0.15) is 23.3 Å². The summed E-state index contributed by atoms with van der Waals surface area (Å²) in [6.45, 7) is 1.25. The molecule has 2 aromatic heterocycles. The second kappa shape index (κ2) is 7.50. The lowest BCUT2D eigenvalue weighted by Crippen LogP contribution is -2.32. The first-order valence-corrected chi connectivity index (χ1v) is 10.1. The Morgan fingerprint density at radius 2 is 2.00 bits per heavy atom. The number of H-pyrrole nitrogens is 1. The topological polar surface area (TPSA) is 67.0 Å². The fourth-order valence-corrected chi connectivity index (χ4v) is 4.14. The lowest BCUT2D eigenvalue weighted by molar-refractivity contribution is 0.0854. The van der Waals surface area contributed by atoms with Gasteiger partial charge in [0, 0.05) is 35.0 Å². The molecule has 1 saturated heterocycles. The van der Waals surface area contributed by atoms with Crippen LogP contribution in [0.2, 0.25) is 5.02 Å². The number of carbonyl (C=O) groups excluding carboxylic acids is 1. The Morgan fingerprint density at radius 3 is 2.83 bits per heavy atom. The molecule has 4 aromatic rings. The van der Waals surface area contributed by atoms with E-state index in [1.54, 1.807) is 0 Å². The van der Waals surface area contributed by atoms with Crippen LogP contribution >= 0.6 is 11.6 Å². The Balaban J connectivity index is 1.63. The Kier molecular flexibility index (Phi) is 4.70. The standard InChI is InChI=1S/C23H20ClN3O2/c24-18-9-3-1-8-16(18)21-22-17(15-7-2-4-10-19(15)26-22)12-20(27-21)23(28)25-13-14-6-5-11-29-14/h1-4,7-10,12,14,26H,5-6,11,13H2,(H,25,28)/t14-/m0/s1. The van der Waals surface area contributed by atoms with E-state index in [0.717, 1.165) is 46.8 Å². The number of nitrogens with one attached hydrogen (secondary N) is 2. The van der Waals surface area contributed by atoms with Gasteiger partial charge in [-0.15, -0.1) is 0 Å². The predicted octanol–water partition coefficient (Wildman–Crippen LogP) is 4.95. The number of aromatic nitrogens is 2. The van der Waals surface area contributed by atoms with Gasteiger partial charge >= 0.3 is 0 Å². The van der Waals surface area contributed by atoms with Gasteiger partial charge in [0.15, 0.2) is 0 Å². The van der Waals surface area contributed by atoms with Gasteiger partial charge in [0.2, 0.25) is 0 Å². The Labute approximate surface area is 173 Å². The number of ether oxygens (including phenoxy) is 1. The number of amides is 1. The van der Waals surface area contributed by atoms with E-state index in [1.807, 2.05) is 54.6 Å². The van der Waals surface area contributed by atoms with E-state index in [2.05, 4.69) is 10.3 Å². The van der Waals surface area contributed by atoms with Crippen molar-refractivity contribution in [2.24, 2.45) is 0 Å². The molecule has 1 amide bonds. The van der Waals surface area contributed by atoms with E-state index in [-0.39, 0.29) is 12.0 Å². The van der Waals surface area contributed by atoms with Gasteiger partial charge in [-0.3, -0.25) is 4.79 Å².